The van der Waals surface area contributed by atoms with E-state index in [-0.39, 0.29) is 0 Å². The van der Waals surface area contributed by atoms with Gasteiger partial charge in [-0.2, -0.15) is 0 Å². The molecule has 0 unspecified atom stereocenters. The second-order valence-electron chi connectivity index (χ2n) is 3.58. The van der Waals surface area contributed by atoms with Crippen molar-refractivity contribution in [3.8, 4) is 0 Å². The Morgan fingerprint density at radius 1 is 1.40 bits per heavy atom. The molecule has 1 saturated heterocycles. The predicted octanol–water partition coefficient (Wildman–Crippen LogP) is 0.975. The van der Waals surface area contributed by atoms with E-state index in [2.05, 4.69) is 25.9 Å². The summed E-state index contributed by atoms with van der Waals surface area (Å²) in [5.41, 5.74) is 0.490. The van der Waals surface area contributed by atoms with Gasteiger partial charge in [0.05, 0.1) is 13.2 Å². The molecule has 2 nitrogen and oxygen atoms in total. The summed E-state index contributed by atoms with van der Waals surface area (Å²) in [6.45, 7) is 5.33. The first-order valence-electron chi connectivity index (χ1n) is 3.91. The fourth-order valence-corrected chi connectivity index (χ4v) is 1.47. The van der Waals surface area contributed by atoms with E-state index in [4.69, 9.17) is 4.74 Å². The van der Waals surface area contributed by atoms with Gasteiger partial charge >= 0.3 is 0 Å². The molecule has 1 fully saturated rings. The van der Waals surface area contributed by atoms with Crippen LogP contribution in [0.2, 0.25) is 0 Å². The second-order valence-corrected chi connectivity index (χ2v) is 3.58. The maximum absolute atomic E-state index is 5.20. The standard InChI is InChI=1S/C8H17NO/c1-4-8(5-9(2)3)6-10-7-8/h4-7H2,1-3H3. The molecular weight excluding hydrogens is 126 g/mol. The minimum Gasteiger partial charge on any atom is -0.380 e. The van der Waals surface area contributed by atoms with Gasteiger partial charge in [-0.3, -0.25) is 0 Å². The largest absolute Gasteiger partial charge is 0.380 e. The normalized spacial score (nSPS) is 22.8. The zero-order valence-corrected chi connectivity index (χ0v) is 7.18. The van der Waals surface area contributed by atoms with Crippen LogP contribution in [-0.2, 0) is 4.74 Å². The molecule has 1 rings (SSSR count). The fraction of sp³-hybridized carbons (Fsp3) is 1.00. The molecule has 0 aliphatic carbocycles. The molecule has 0 spiro atoms. The molecule has 0 saturated carbocycles. The van der Waals surface area contributed by atoms with Crippen molar-refractivity contribution in [1.29, 1.82) is 0 Å². The Bertz CT molecular complexity index is 102. The smallest absolute Gasteiger partial charge is 0.0557 e. The van der Waals surface area contributed by atoms with E-state index in [1.807, 2.05) is 0 Å². The Balaban J connectivity index is 2.33. The van der Waals surface area contributed by atoms with Gasteiger partial charge < -0.3 is 9.64 Å². The van der Waals surface area contributed by atoms with Gasteiger partial charge in [-0.15, -0.1) is 0 Å². The Hall–Kier alpha value is -0.0800. The van der Waals surface area contributed by atoms with Crippen molar-refractivity contribution < 1.29 is 4.74 Å². The van der Waals surface area contributed by atoms with E-state index in [0.29, 0.717) is 5.41 Å². The van der Waals surface area contributed by atoms with Crippen LogP contribution in [0.25, 0.3) is 0 Å². The zero-order chi connectivity index (χ0) is 7.61. The van der Waals surface area contributed by atoms with E-state index in [0.717, 1.165) is 13.2 Å². The SMILES string of the molecule is CCC1(CN(C)C)COC1. The molecule has 1 aliphatic heterocycles. The topological polar surface area (TPSA) is 12.5 Å². The number of ether oxygens (including phenoxy) is 1. The Kier molecular flexibility index (Phi) is 2.32. The summed E-state index contributed by atoms with van der Waals surface area (Å²) < 4.78 is 5.20. The lowest BCUT2D eigenvalue weighted by Gasteiger charge is -2.42. The Morgan fingerprint density at radius 2 is 2.00 bits per heavy atom. The summed E-state index contributed by atoms with van der Waals surface area (Å²) in [5.74, 6) is 0. The molecule has 0 aromatic rings. The third-order valence-electron chi connectivity index (χ3n) is 2.22. The summed E-state index contributed by atoms with van der Waals surface area (Å²) in [6.07, 6.45) is 1.24. The summed E-state index contributed by atoms with van der Waals surface area (Å²) in [4.78, 5) is 2.24. The molecule has 1 heterocycles. The van der Waals surface area contributed by atoms with Crippen LogP contribution in [0.15, 0.2) is 0 Å². The monoisotopic (exact) mass is 143 g/mol. The predicted molar refractivity (Wildman–Crippen MR) is 42.1 cm³/mol. The van der Waals surface area contributed by atoms with Crippen LogP contribution in [0.5, 0.6) is 0 Å². The molecule has 1 aliphatic rings. The van der Waals surface area contributed by atoms with Crippen LogP contribution in [-0.4, -0.2) is 38.8 Å². The van der Waals surface area contributed by atoms with Gasteiger partial charge in [0.25, 0.3) is 0 Å². The molecule has 2 heteroatoms. The van der Waals surface area contributed by atoms with E-state index < -0.39 is 0 Å². The summed E-state index contributed by atoms with van der Waals surface area (Å²) in [7, 11) is 4.24. The van der Waals surface area contributed by atoms with Gasteiger partial charge in [0.2, 0.25) is 0 Å². The van der Waals surface area contributed by atoms with Gasteiger partial charge in [-0.05, 0) is 20.5 Å². The van der Waals surface area contributed by atoms with Gasteiger partial charge in [-0.1, -0.05) is 6.92 Å². The molecule has 0 aromatic carbocycles. The van der Waals surface area contributed by atoms with Crippen molar-refractivity contribution in [1.82, 2.24) is 4.90 Å². The summed E-state index contributed by atoms with van der Waals surface area (Å²) >= 11 is 0. The first-order valence-corrected chi connectivity index (χ1v) is 3.91. The van der Waals surface area contributed by atoms with Crippen LogP contribution in [0.1, 0.15) is 13.3 Å². The maximum atomic E-state index is 5.20. The highest BCUT2D eigenvalue weighted by Crippen LogP contribution is 2.31. The molecule has 0 aromatic heterocycles. The van der Waals surface area contributed by atoms with Gasteiger partial charge in [0.15, 0.2) is 0 Å². The molecule has 0 bridgehead atoms. The molecule has 0 amide bonds. The molecule has 60 valence electrons. The average Bonchev–Trinajstić information content (AvgIpc) is 1.78. The van der Waals surface area contributed by atoms with Crippen molar-refractivity contribution in [3.63, 3.8) is 0 Å². The highest BCUT2D eigenvalue weighted by molar-refractivity contribution is 4.85. The quantitative estimate of drug-likeness (QED) is 0.584. The van der Waals surface area contributed by atoms with Crippen molar-refractivity contribution in [2.45, 2.75) is 13.3 Å². The minimum absolute atomic E-state index is 0.490. The van der Waals surface area contributed by atoms with Gasteiger partial charge in [0, 0.05) is 12.0 Å². The van der Waals surface area contributed by atoms with Crippen molar-refractivity contribution in [2.24, 2.45) is 5.41 Å². The molecule has 0 radical (unpaired) electrons. The molecule has 0 atom stereocenters. The summed E-state index contributed by atoms with van der Waals surface area (Å²) in [6, 6.07) is 0. The molecular formula is C8H17NO. The Morgan fingerprint density at radius 3 is 2.10 bits per heavy atom. The average molecular weight is 143 g/mol. The second kappa shape index (κ2) is 2.89. The van der Waals surface area contributed by atoms with Crippen LogP contribution in [0.3, 0.4) is 0 Å². The lowest BCUT2D eigenvalue weighted by molar-refractivity contribution is -0.123. The van der Waals surface area contributed by atoms with Crippen LogP contribution in [0, 0.1) is 5.41 Å². The number of hydrogen-bond donors (Lipinski definition) is 0. The highest BCUT2D eigenvalue weighted by atomic mass is 16.5. The van der Waals surface area contributed by atoms with Crippen LogP contribution in [0.4, 0.5) is 0 Å². The fourth-order valence-electron chi connectivity index (χ4n) is 1.47. The number of rotatable bonds is 3. The third-order valence-corrected chi connectivity index (χ3v) is 2.22. The number of hydrogen-bond acceptors (Lipinski definition) is 2. The minimum atomic E-state index is 0.490. The Labute approximate surface area is 63.2 Å². The molecule has 0 N–H and O–H groups in total. The zero-order valence-electron chi connectivity index (χ0n) is 7.18. The number of nitrogens with zero attached hydrogens (tertiary/aromatic N) is 1. The third kappa shape index (κ3) is 1.50. The van der Waals surface area contributed by atoms with E-state index in [1.54, 1.807) is 0 Å². The lowest BCUT2D eigenvalue weighted by atomic mass is 9.83. The first kappa shape index (κ1) is 8.02. The van der Waals surface area contributed by atoms with Crippen LogP contribution < -0.4 is 0 Å². The van der Waals surface area contributed by atoms with Gasteiger partial charge in [-0.25, -0.2) is 0 Å². The van der Waals surface area contributed by atoms with Crippen LogP contribution >= 0.6 is 0 Å². The highest BCUT2D eigenvalue weighted by Gasteiger charge is 2.36. The van der Waals surface area contributed by atoms with Crippen molar-refractivity contribution in [2.75, 3.05) is 33.9 Å². The van der Waals surface area contributed by atoms with Crippen molar-refractivity contribution in [3.05, 3.63) is 0 Å². The first-order chi connectivity index (χ1) is 4.68. The molecule has 10 heavy (non-hydrogen) atoms. The van der Waals surface area contributed by atoms with E-state index in [1.165, 1.54) is 13.0 Å². The van der Waals surface area contributed by atoms with Gasteiger partial charge in [0.1, 0.15) is 0 Å². The lowest BCUT2D eigenvalue weighted by Crippen LogP contribution is -2.48. The van der Waals surface area contributed by atoms with E-state index in [9.17, 15) is 0 Å². The maximum Gasteiger partial charge on any atom is 0.0557 e. The van der Waals surface area contributed by atoms with Crippen molar-refractivity contribution >= 4 is 0 Å². The van der Waals surface area contributed by atoms with E-state index >= 15 is 0 Å². The summed E-state index contributed by atoms with van der Waals surface area (Å²) in [5, 5.41) is 0.